The van der Waals surface area contributed by atoms with Gasteiger partial charge in [-0.2, -0.15) is 0 Å². The number of methoxy groups -OCH3 is 1. The number of benzene rings is 1. The monoisotopic (exact) mass is 338 g/mol. The van der Waals surface area contributed by atoms with E-state index >= 15 is 0 Å². The second-order valence-electron chi connectivity index (χ2n) is 4.80. The Morgan fingerprint density at radius 1 is 1.17 bits per heavy atom. The molecule has 8 heteroatoms. The molecule has 0 spiro atoms. The van der Waals surface area contributed by atoms with Gasteiger partial charge in [0.05, 0.1) is 18.8 Å². The van der Waals surface area contributed by atoms with Gasteiger partial charge in [-0.3, -0.25) is 9.78 Å². The molecular formula is C16H13F3N2O3. The third-order valence-electron chi connectivity index (χ3n) is 3.27. The van der Waals surface area contributed by atoms with Crippen molar-refractivity contribution in [1.29, 1.82) is 0 Å². The minimum absolute atomic E-state index is 0.248. The number of rotatable bonds is 4. The van der Waals surface area contributed by atoms with E-state index in [9.17, 15) is 22.8 Å². The molecule has 0 aliphatic carbocycles. The number of carbonyl (C=O) groups is 2. The molecule has 0 saturated heterocycles. The van der Waals surface area contributed by atoms with Gasteiger partial charge in [0.25, 0.3) is 0 Å². The second-order valence-corrected chi connectivity index (χ2v) is 4.80. The molecule has 1 heterocycles. The Kier molecular flexibility index (Phi) is 5.51. The van der Waals surface area contributed by atoms with Crippen LogP contribution in [-0.2, 0) is 20.7 Å². The summed E-state index contributed by atoms with van der Waals surface area (Å²) in [5.74, 6) is -5.82. The highest BCUT2D eigenvalue weighted by Crippen LogP contribution is 2.23. The topological polar surface area (TPSA) is 68.3 Å². The molecule has 0 saturated carbocycles. The molecule has 1 atom stereocenters. The van der Waals surface area contributed by atoms with E-state index in [1.807, 2.05) is 0 Å². The van der Waals surface area contributed by atoms with Gasteiger partial charge < -0.3 is 10.1 Å². The van der Waals surface area contributed by atoms with Crippen LogP contribution in [0.2, 0.25) is 0 Å². The minimum Gasteiger partial charge on any atom is -0.462 e. The third-order valence-corrected chi connectivity index (χ3v) is 3.27. The number of aromatic nitrogens is 1. The van der Waals surface area contributed by atoms with Crippen molar-refractivity contribution in [2.24, 2.45) is 0 Å². The lowest BCUT2D eigenvalue weighted by Crippen LogP contribution is -2.36. The van der Waals surface area contributed by atoms with Crippen molar-refractivity contribution >= 4 is 11.9 Å². The Hall–Kier alpha value is -2.90. The molecule has 0 aliphatic heterocycles. The van der Waals surface area contributed by atoms with Crippen LogP contribution in [-0.4, -0.2) is 24.0 Å². The van der Waals surface area contributed by atoms with Gasteiger partial charge in [-0.15, -0.1) is 0 Å². The second kappa shape index (κ2) is 7.58. The predicted molar refractivity (Wildman–Crippen MR) is 77.2 cm³/mol. The molecule has 2 rings (SSSR count). The highest BCUT2D eigenvalue weighted by molar-refractivity contribution is 6.32. The van der Waals surface area contributed by atoms with Crippen molar-refractivity contribution < 1.29 is 27.5 Å². The minimum atomic E-state index is -1.36. The molecule has 1 aromatic heterocycles. The molecule has 126 valence electrons. The first kappa shape index (κ1) is 17.5. The largest absolute Gasteiger partial charge is 0.462 e. The number of carbonyl (C=O) groups excluding carboxylic acids is 2. The van der Waals surface area contributed by atoms with Gasteiger partial charge in [0, 0.05) is 18.2 Å². The lowest BCUT2D eigenvalue weighted by atomic mass is 10.0. The Labute approximate surface area is 135 Å². The van der Waals surface area contributed by atoms with E-state index in [4.69, 9.17) is 0 Å². The van der Waals surface area contributed by atoms with E-state index in [1.165, 1.54) is 12.3 Å². The Morgan fingerprint density at radius 2 is 1.88 bits per heavy atom. The van der Waals surface area contributed by atoms with Crippen LogP contribution in [0, 0.1) is 17.5 Å². The standard InChI is InChI=1S/C16H13F3N2O3/c1-24-16(23)15(22)21-13(12-4-2-3-7-20-12)8-9-10(17)5-6-11(18)14(9)19/h2-7,13H,8H2,1H3,(H,21,22). The van der Waals surface area contributed by atoms with Gasteiger partial charge in [0.1, 0.15) is 5.82 Å². The van der Waals surface area contributed by atoms with Crippen LogP contribution < -0.4 is 5.32 Å². The summed E-state index contributed by atoms with van der Waals surface area (Å²) in [5.41, 5.74) is -0.311. The zero-order valence-corrected chi connectivity index (χ0v) is 12.6. The summed E-state index contributed by atoms with van der Waals surface area (Å²) in [6.45, 7) is 0. The molecule has 5 nitrogen and oxygen atoms in total. The van der Waals surface area contributed by atoms with Crippen LogP contribution in [0.15, 0.2) is 36.5 Å². The summed E-state index contributed by atoms with van der Waals surface area (Å²) in [4.78, 5) is 27.0. The average molecular weight is 338 g/mol. The van der Waals surface area contributed by atoms with E-state index in [0.717, 1.165) is 13.2 Å². The zero-order chi connectivity index (χ0) is 17.7. The Balaban J connectivity index is 2.35. The van der Waals surface area contributed by atoms with Gasteiger partial charge >= 0.3 is 11.9 Å². The van der Waals surface area contributed by atoms with E-state index in [1.54, 1.807) is 12.1 Å². The van der Waals surface area contributed by atoms with Crippen molar-refractivity contribution in [2.75, 3.05) is 7.11 Å². The number of halogens is 3. The third kappa shape index (κ3) is 3.89. The highest BCUT2D eigenvalue weighted by atomic mass is 19.2. The van der Waals surface area contributed by atoms with Crippen LogP contribution in [0.4, 0.5) is 13.2 Å². The lowest BCUT2D eigenvalue weighted by molar-refractivity contribution is -0.153. The molecule has 24 heavy (non-hydrogen) atoms. The van der Waals surface area contributed by atoms with Gasteiger partial charge in [0.2, 0.25) is 0 Å². The molecule has 1 unspecified atom stereocenters. The van der Waals surface area contributed by atoms with Crippen LogP contribution in [0.3, 0.4) is 0 Å². The number of nitrogens with zero attached hydrogens (tertiary/aromatic N) is 1. The zero-order valence-electron chi connectivity index (χ0n) is 12.6. The number of ether oxygens (including phenoxy) is 1. The van der Waals surface area contributed by atoms with Crippen molar-refractivity contribution in [3.63, 3.8) is 0 Å². The maximum absolute atomic E-state index is 13.9. The number of nitrogens with one attached hydrogen (secondary N) is 1. The van der Waals surface area contributed by atoms with Gasteiger partial charge in [-0.05, 0) is 24.3 Å². The van der Waals surface area contributed by atoms with Crippen molar-refractivity contribution in [3.8, 4) is 0 Å². The number of pyridine rings is 1. The number of hydrogen-bond donors (Lipinski definition) is 1. The van der Waals surface area contributed by atoms with E-state index in [2.05, 4.69) is 15.0 Å². The Morgan fingerprint density at radius 3 is 2.50 bits per heavy atom. The summed E-state index contributed by atoms with van der Waals surface area (Å²) in [7, 11) is 1.02. The molecule has 0 bridgehead atoms. The van der Waals surface area contributed by atoms with Crippen LogP contribution >= 0.6 is 0 Å². The van der Waals surface area contributed by atoms with Gasteiger partial charge in [0.15, 0.2) is 11.6 Å². The molecule has 1 N–H and O–H groups in total. The number of esters is 1. The molecule has 2 aromatic rings. The van der Waals surface area contributed by atoms with Crippen molar-refractivity contribution in [3.05, 3.63) is 65.2 Å². The first-order valence-corrected chi connectivity index (χ1v) is 6.86. The van der Waals surface area contributed by atoms with Crippen LogP contribution in [0.25, 0.3) is 0 Å². The summed E-state index contributed by atoms with van der Waals surface area (Å²) in [6, 6.07) is 5.09. The van der Waals surface area contributed by atoms with Crippen molar-refractivity contribution in [2.45, 2.75) is 12.5 Å². The lowest BCUT2D eigenvalue weighted by Gasteiger charge is -2.18. The quantitative estimate of drug-likeness (QED) is 0.526. The fourth-order valence-corrected chi connectivity index (χ4v) is 2.08. The first-order valence-electron chi connectivity index (χ1n) is 6.86. The first-order chi connectivity index (χ1) is 11.4. The molecule has 0 aliphatic rings. The van der Waals surface area contributed by atoms with Gasteiger partial charge in [-0.25, -0.2) is 18.0 Å². The summed E-state index contributed by atoms with van der Waals surface area (Å²) < 4.78 is 45.3. The van der Waals surface area contributed by atoms with Crippen molar-refractivity contribution in [1.82, 2.24) is 10.3 Å². The predicted octanol–water partition coefficient (Wildman–Crippen LogP) is 2.07. The summed E-state index contributed by atoms with van der Waals surface area (Å²) >= 11 is 0. The van der Waals surface area contributed by atoms with Crippen LogP contribution in [0.1, 0.15) is 17.3 Å². The normalized spacial score (nSPS) is 11.7. The van der Waals surface area contributed by atoms with Crippen LogP contribution in [0.5, 0.6) is 0 Å². The SMILES string of the molecule is COC(=O)C(=O)NC(Cc1c(F)ccc(F)c1F)c1ccccn1. The highest BCUT2D eigenvalue weighted by Gasteiger charge is 2.25. The smallest absolute Gasteiger partial charge is 0.396 e. The van der Waals surface area contributed by atoms with E-state index < -0.39 is 47.4 Å². The summed E-state index contributed by atoms with van der Waals surface area (Å²) in [6.07, 6.45) is 0.972. The maximum Gasteiger partial charge on any atom is 0.396 e. The molecule has 1 amide bonds. The number of amides is 1. The molecule has 0 fully saturated rings. The molecule has 1 aromatic carbocycles. The molecular weight excluding hydrogens is 325 g/mol. The fraction of sp³-hybridized carbons (Fsp3) is 0.188. The fourth-order valence-electron chi connectivity index (χ4n) is 2.08. The van der Waals surface area contributed by atoms with Gasteiger partial charge in [-0.1, -0.05) is 6.07 Å². The average Bonchev–Trinajstić information content (AvgIpc) is 2.60. The Bertz CT molecular complexity index is 754. The van der Waals surface area contributed by atoms with E-state index in [0.29, 0.717) is 6.07 Å². The molecule has 0 radical (unpaired) electrons. The maximum atomic E-state index is 13.9. The van der Waals surface area contributed by atoms with E-state index in [-0.39, 0.29) is 5.69 Å². The summed E-state index contributed by atoms with van der Waals surface area (Å²) in [5, 5.41) is 2.27. The number of hydrogen-bond acceptors (Lipinski definition) is 4.